The molecule has 0 radical (unpaired) electrons. The van der Waals surface area contributed by atoms with Crippen molar-refractivity contribution < 1.29 is 49.4 Å². The number of hydrogen-bond donors (Lipinski definition) is 5. The fourth-order valence-electron chi connectivity index (χ4n) is 4.05. The molecule has 0 bridgehead atoms. The minimum atomic E-state index is -1.87. The highest BCUT2D eigenvalue weighted by Crippen LogP contribution is 2.40. The lowest BCUT2D eigenvalue weighted by atomic mass is 9.71. The van der Waals surface area contributed by atoms with Crippen molar-refractivity contribution in [2.45, 2.75) is 91.3 Å². The average molecular weight is 565 g/mol. The number of hydrogen-bond acceptors (Lipinski definition) is 10. The average Bonchev–Trinajstić information content (AvgIpc) is 2.91. The lowest BCUT2D eigenvalue weighted by Gasteiger charge is -2.36. The van der Waals surface area contributed by atoms with E-state index < -0.39 is 67.5 Å². The van der Waals surface area contributed by atoms with Gasteiger partial charge >= 0.3 is 11.9 Å². The molecule has 224 valence electrons. The van der Waals surface area contributed by atoms with Crippen LogP contribution in [0, 0.1) is 5.41 Å². The first-order valence-electron chi connectivity index (χ1n) is 13.2. The SMILES string of the molecule is C/C=C(C)/C=C/C=C(C)/C=C/C1=C(C)C(=O)C(OC(=O)CCC(=O)OCC(O)C(O)C(O)C(O)CO)CC1(C)C. The number of ether oxygens (including phenoxy) is 2. The Kier molecular flexibility index (Phi) is 14.4. The monoisotopic (exact) mass is 564 g/mol. The Morgan fingerprint density at radius 2 is 1.60 bits per heavy atom. The van der Waals surface area contributed by atoms with Crippen LogP contribution in [0.4, 0.5) is 0 Å². The summed E-state index contributed by atoms with van der Waals surface area (Å²) >= 11 is 0. The van der Waals surface area contributed by atoms with Crippen LogP contribution < -0.4 is 0 Å². The van der Waals surface area contributed by atoms with Gasteiger partial charge in [0.25, 0.3) is 0 Å². The summed E-state index contributed by atoms with van der Waals surface area (Å²) in [5.74, 6) is -1.94. The van der Waals surface area contributed by atoms with Crippen LogP contribution in [-0.2, 0) is 23.9 Å². The van der Waals surface area contributed by atoms with Crippen LogP contribution >= 0.6 is 0 Å². The molecule has 0 aromatic heterocycles. The van der Waals surface area contributed by atoms with E-state index in [1.165, 1.54) is 0 Å². The molecular formula is C30H44O10. The van der Waals surface area contributed by atoms with E-state index in [0.717, 1.165) is 16.7 Å². The normalized spacial score (nSPS) is 21.5. The van der Waals surface area contributed by atoms with Gasteiger partial charge in [-0.05, 0) is 44.3 Å². The number of esters is 2. The number of carbonyl (C=O) groups excluding carboxylic acids is 3. The Balaban J connectivity index is 2.70. The van der Waals surface area contributed by atoms with E-state index in [2.05, 4.69) is 0 Å². The molecule has 0 aromatic rings. The van der Waals surface area contributed by atoms with Crippen molar-refractivity contribution in [1.29, 1.82) is 0 Å². The van der Waals surface area contributed by atoms with Crippen LogP contribution in [0.2, 0.25) is 0 Å². The summed E-state index contributed by atoms with van der Waals surface area (Å²) in [5.41, 5.74) is 3.05. The summed E-state index contributed by atoms with van der Waals surface area (Å²) in [6, 6.07) is 0. The summed E-state index contributed by atoms with van der Waals surface area (Å²) in [5, 5.41) is 47.3. The molecule has 0 amide bonds. The molecule has 1 aliphatic carbocycles. The number of aliphatic hydroxyl groups is 5. The predicted octanol–water partition coefficient (Wildman–Crippen LogP) is 2.00. The van der Waals surface area contributed by atoms with Crippen molar-refractivity contribution in [1.82, 2.24) is 0 Å². The van der Waals surface area contributed by atoms with E-state index >= 15 is 0 Å². The van der Waals surface area contributed by atoms with Gasteiger partial charge in [0.15, 0.2) is 11.9 Å². The molecule has 0 saturated carbocycles. The smallest absolute Gasteiger partial charge is 0.307 e. The second-order valence-corrected chi connectivity index (χ2v) is 10.6. The summed E-state index contributed by atoms with van der Waals surface area (Å²) in [4.78, 5) is 37.3. The topological polar surface area (TPSA) is 171 Å². The molecule has 40 heavy (non-hydrogen) atoms. The Hall–Kier alpha value is -2.89. The fraction of sp³-hybridized carbons (Fsp3) is 0.567. The Bertz CT molecular complexity index is 1050. The zero-order chi connectivity index (χ0) is 30.6. The van der Waals surface area contributed by atoms with E-state index in [4.69, 9.17) is 14.6 Å². The van der Waals surface area contributed by atoms with Gasteiger partial charge in [-0.2, -0.15) is 0 Å². The second-order valence-electron chi connectivity index (χ2n) is 10.6. The van der Waals surface area contributed by atoms with Gasteiger partial charge in [0.05, 0.1) is 19.4 Å². The van der Waals surface area contributed by atoms with Crippen LogP contribution in [0.5, 0.6) is 0 Å². The first-order valence-corrected chi connectivity index (χ1v) is 13.2. The highest BCUT2D eigenvalue weighted by molar-refractivity contribution is 6.01. The molecule has 5 N–H and O–H groups in total. The molecule has 0 fully saturated rings. The van der Waals surface area contributed by atoms with Gasteiger partial charge in [-0.1, -0.05) is 61.4 Å². The maximum atomic E-state index is 13.0. The van der Waals surface area contributed by atoms with Crippen molar-refractivity contribution in [3.05, 3.63) is 58.7 Å². The van der Waals surface area contributed by atoms with Gasteiger partial charge in [0.2, 0.25) is 0 Å². The molecule has 10 nitrogen and oxygen atoms in total. The van der Waals surface area contributed by atoms with Crippen molar-refractivity contribution in [3.63, 3.8) is 0 Å². The largest absolute Gasteiger partial charge is 0.463 e. The summed E-state index contributed by atoms with van der Waals surface area (Å²) < 4.78 is 10.2. The molecule has 0 aliphatic heterocycles. The number of rotatable bonds is 14. The molecule has 5 unspecified atom stereocenters. The minimum Gasteiger partial charge on any atom is -0.463 e. The maximum Gasteiger partial charge on any atom is 0.307 e. The second kappa shape index (κ2) is 16.4. The molecule has 0 saturated heterocycles. The first kappa shape index (κ1) is 35.1. The Morgan fingerprint density at radius 3 is 2.20 bits per heavy atom. The summed E-state index contributed by atoms with van der Waals surface area (Å²) in [7, 11) is 0. The third-order valence-electron chi connectivity index (χ3n) is 6.72. The Labute approximate surface area is 236 Å². The first-order chi connectivity index (χ1) is 18.6. The van der Waals surface area contributed by atoms with Crippen LogP contribution in [0.25, 0.3) is 0 Å². The lowest BCUT2D eigenvalue weighted by molar-refractivity contribution is -0.161. The Morgan fingerprint density at radius 1 is 1.00 bits per heavy atom. The fourth-order valence-corrected chi connectivity index (χ4v) is 4.05. The van der Waals surface area contributed by atoms with Crippen LogP contribution in [0.15, 0.2) is 58.7 Å². The molecule has 10 heteroatoms. The number of carbonyl (C=O) groups is 3. The highest BCUT2D eigenvalue weighted by Gasteiger charge is 2.40. The van der Waals surface area contributed by atoms with Crippen LogP contribution in [0.1, 0.15) is 60.8 Å². The van der Waals surface area contributed by atoms with Crippen LogP contribution in [-0.4, -0.2) is 87.0 Å². The number of Topliss-reactive ketones (excluding diaryl/α,β-unsaturated/α-hetero) is 1. The van der Waals surface area contributed by atoms with E-state index in [1.807, 2.05) is 71.1 Å². The number of aliphatic hydroxyl groups excluding tert-OH is 5. The minimum absolute atomic E-state index is 0.272. The van der Waals surface area contributed by atoms with E-state index in [9.17, 15) is 34.8 Å². The predicted molar refractivity (Wildman–Crippen MR) is 149 cm³/mol. The van der Waals surface area contributed by atoms with Gasteiger partial charge in [-0.15, -0.1) is 0 Å². The molecule has 1 aliphatic rings. The maximum absolute atomic E-state index is 13.0. The molecular weight excluding hydrogens is 520 g/mol. The van der Waals surface area contributed by atoms with Crippen molar-refractivity contribution in [2.75, 3.05) is 13.2 Å². The molecule has 0 aromatic carbocycles. The standard InChI is InChI=1S/C30H44O10/c1-7-18(2)9-8-10-19(3)11-12-21-20(4)27(36)24(15-30(21,5)6)40-26(35)14-13-25(34)39-17-23(33)29(38)28(37)22(32)16-31/h7-12,22-24,28-29,31-33,37-38H,13-17H2,1-6H3/b9-8+,12-11+,18-7+,19-10+. The molecule has 5 atom stereocenters. The molecule has 1 rings (SSSR count). The zero-order valence-electron chi connectivity index (χ0n) is 24.2. The number of ketones is 1. The summed E-state index contributed by atoms with van der Waals surface area (Å²) in [6.45, 7) is 10.0. The lowest BCUT2D eigenvalue weighted by Crippen LogP contribution is -2.47. The molecule has 0 heterocycles. The van der Waals surface area contributed by atoms with Crippen molar-refractivity contribution >= 4 is 17.7 Å². The number of allylic oxidation sites excluding steroid dienone is 9. The van der Waals surface area contributed by atoms with Crippen molar-refractivity contribution in [2.24, 2.45) is 5.41 Å². The van der Waals surface area contributed by atoms with Gasteiger partial charge in [-0.25, -0.2) is 0 Å². The van der Waals surface area contributed by atoms with Gasteiger partial charge in [-0.3, -0.25) is 14.4 Å². The van der Waals surface area contributed by atoms with E-state index in [1.54, 1.807) is 6.92 Å². The van der Waals surface area contributed by atoms with Crippen LogP contribution in [0.3, 0.4) is 0 Å². The third-order valence-corrected chi connectivity index (χ3v) is 6.72. The van der Waals surface area contributed by atoms with E-state index in [0.29, 0.717) is 5.57 Å². The molecule has 0 spiro atoms. The third kappa shape index (κ3) is 10.9. The summed E-state index contributed by atoms with van der Waals surface area (Å²) in [6.07, 6.45) is 3.16. The van der Waals surface area contributed by atoms with Crippen molar-refractivity contribution in [3.8, 4) is 0 Å². The highest BCUT2D eigenvalue weighted by atomic mass is 16.6. The quantitative estimate of drug-likeness (QED) is 0.155. The van der Waals surface area contributed by atoms with Gasteiger partial charge in [0.1, 0.15) is 31.0 Å². The van der Waals surface area contributed by atoms with E-state index in [-0.39, 0.29) is 18.6 Å². The zero-order valence-corrected chi connectivity index (χ0v) is 24.2. The van der Waals surface area contributed by atoms with Gasteiger partial charge in [0, 0.05) is 6.42 Å². The van der Waals surface area contributed by atoms with Gasteiger partial charge < -0.3 is 35.0 Å².